The van der Waals surface area contributed by atoms with Gasteiger partial charge in [0.05, 0.1) is 6.10 Å². The second-order valence-corrected chi connectivity index (χ2v) is 6.78. The molecule has 118 valence electrons. The van der Waals surface area contributed by atoms with Crippen molar-refractivity contribution >= 4 is 0 Å². The SMILES string of the molecule is CCCOC1CCCN(CCC2(NC)CCCCC2)C1. The van der Waals surface area contributed by atoms with Crippen LogP contribution in [0.4, 0.5) is 0 Å². The molecule has 1 saturated heterocycles. The summed E-state index contributed by atoms with van der Waals surface area (Å²) in [6.07, 6.45) is 12.5. The third kappa shape index (κ3) is 4.71. The van der Waals surface area contributed by atoms with E-state index < -0.39 is 0 Å². The number of hydrogen-bond donors (Lipinski definition) is 1. The molecule has 0 aromatic carbocycles. The van der Waals surface area contributed by atoms with Crippen molar-refractivity contribution in [2.75, 3.05) is 33.3 Å². The van der Waals surface area contributed by atoms with Gasteiger partial charge in [0.2, 0.25) is 0 Å². The molecule has 1 aliphatic carbocycles. The second kappa shape index (κ2) is 8.35. The molecule has 0 radical (unpaired) electrons. The molecule has 0 aromatic heterocycles. The second-order valence-electron chi connectivity index (χ2n) is 6.78. The molecule has 3 nitrogen and oxygen atoms in total. The molecule has 0 bridgehead atoms. The summed E-state index contributed by atoms with van der Waals surface area (Å²) in [5, 5.41) is 3.64. The first kappa shape index (κ1) is 16.3. The number of nitrogens with one attached hydrogen (secondary N) is 1. The minimum atomic E-state index is 0.426. The van der Waals surface area contributed by atoms with Gasteiger partial charge in [0.15, 0.2) is 0 Å². The van der Waals surface area contributed by atoms with Gasteiger partial charge in [-0.3, -0.25) is 0 Å². The molecule has 0 aromatic rings. The van der Waals surface area contributed by atoms with E-state index in [4.69, 9.17) is 4.74 Å². The molecule has 2 fully saturated rings. The Labute approximate surface area is 125 Å². The van der Waals surface area contributed by atoms with Crippen LogP contribution in [0.1, 0.15) is 64.7 Å². The predicted octanol–water partition coefficient (Wildman–Crippen LogP) is 3.19. The summed E-state index contributed by atoms with van der Waals surface area (Å²) in [4.78, 5) is 2.64. The van der Waals surface area contributed by atoms with Gasteiger partial charge in [0.1, 0.15) is 0 Å². The zero-order chi connectivity index (χ0) is 14.3. The van der Waals surface area contributed by atoms with E-state index >= 15 is 0 Å². The molecule has 2 aliphatic rings. The maximum atomic E-state index is 5.95. The van der Waals surface area contributed by atoms with Crippen molar-refractivity contribution in [3.63, 3.8) is 0 Å². The summed E-state index contributed by atoms with van der Waals surface area (Å²) in [6.45, 7) is 6.79. The van der Waals surface area contributed by atoms with Gasteiger partial charge in [0.25, 0.3) is 0 Å². The molecule has 1 N–H and O–H groups in total. The van der Waals surface area contributed by atoms with Crippen LogP contribution in [0, 0.1) is 0 Å². The van der Waals surface area contributed by atoms with E-state index in [0.717, 1.165) is 19.6 Å². The number of likely N-dealkylation sites (tertiary alicyclic amines) is 1. The van der Waals surface area contributed by atoms with Crippen molar-refractivity contribution in [1.29, 1.82) is 0 Å². The lowest BCUT2D eigenvalue weighted by Crippen LogP contribution is -2.48. The number of ether oxygens (including phenoxy) is 1. The zero-order valence-electron chi connectivity index (χ0n) is 13.6. The van der Waals surface area contributed by atoms with Gasteiger partial charge in [-0.25, -0.2) is 0 Å². The maximum Gasteiger partial charge on any atom is 0.0702 e. The molecule has 0 amide bonds. The zero-order valence-corrected chi connectivity index (χ0v) is 13.6. The van der Waals surface area contributed by atoms with Crippen molar-refractivity contribution in [3.05, 3.63) is 0 Å². The fourth-order valence-electron chi connectivity index (χ4n) is 3.86. The molecule has 0 spiro atoms. The average Bonchev–Trinajstić information content (AvgIpc) is 2.52. The highest BCUT2D eigenvalue weighted by atomic mass is 16.5. The highest BCUT2D eigenvalue weighted by molar-refractivity contribution is 4.90. The van der Waals surface area contributed by atoms with E-state index in [2.05, 4.69) is 24.2 Å². The van der Waals surface area contributed by atoms with Gasteiger partial charge < -0.3 is 15.0 Å². The van der Waals surface area contributed by atoms with Crippen molar-refractivity contribution < 1.29 is 4.74 Å². The molecule has 3 heteroatoms. The highest BCUT2D eigenvalue weighted by Crippen LogP contribution is 2.31. The summed E-state index contributed by atoms with van der Waals surface area (Å²) in [5.41, 5.74) is 0.426. The number of nitrogens with zero attached hydrogens (tertiary/aromatic N) is 1. The van der Waals surface area contributed by atoms with E-state index in [1.807, 2.05) is 0 Å². The lowest BCUT2D eigenvalue weighted by molar-refractivity contribution is -0.00278. The van der Waals surface area contributed by atoms with Crippen molar-refractivity contribution in [3.8, 4) is 0 Å². The average molecular weight is 282 g/mol. The van der Waals surface area contributed by atoms with E-state index in [0.29, 0.717) is 11.6 Å². The Morgan fingerprint density at radius 3 is 2.70 bits per heavy atom. The fourth-order valence-corrected chi connectivity index (χ4v) is 3.86. The maximum absolute atomic E-state index is 5.95. The van der Waals surface area contributed by atoms with Crippen LogP contribution in [0.25, 0.3) is 0 Å². The molecular formula is C17H34N2O. The first-order chi connectivity index (χ1) is 9.78. The smallest absolute Gasteiger partial charge is 0.0702 e. The first-order valence-corrected chi connectivity index (χ1v) is 8.81. The van der Waals surface area contributed by atoms with Crippen molar-refractivity contribution in [2.45, 2.75) is 76.4 Å². The topological polar surface area (TPSA) is 24.5 Å². The molecule has 1 aliphatic heterocycles. The van der Waals surface area contributed by atoms with Crippen LogP contribution < -0.4 is 5.32 Å². The van der Waals surface area contributed by atoms with Gasteiger partial charge in [-0.1, -0.05) is 26.2 Å². The number of piperidine rings is 1. The van der Waals surface area contributed by atoms with Gasteiger partial charge in [-0.2, -0.15) is 0 Å². The normalized spacial score (nSPS) is 27.6. The Kier molecular flexibility index (Phi) is 6.79. The molecule has 1 saturated carbocycles. The fraction of sp³-hybridized carbons (Fsp3) is 1.00. The number of hydrogen-bond acceptors (Lipinski definition) is 3. The minimum absolute atomic E-state index is 0.426. The third-order valence-electron chi connectivity index (χ3n) is 5.27. The Bertz CT molecular complexity index is 264. The van der Waals surface area contributed by atoms with Crippen molar-refractivity contribution in [1.82, 2.24) is 10.2 Å². The third-order valence-corrected chi connectivity index (χ3v) is 5.27. The molecule has 2 rings (SSSR count). The quantitative estimate of drug-likeness (QED) is 0.776. The van der Waals surface area contributed by atoms with Gasteiger partial charge in [-0.05, 0) is 58.7 Å². The van der Waals surface area contributed by atoms with Crippen LogP contribution in [-0.2, 0) is 4.74 Å². The largest absolute Gasteiger partial charge is 0.377 e. The van der Waals surface area contributed by atoms with Crippen LogP contribution in [0.3, 0.4) is 0 Å². The Balaban J connectivity index is 1.74. The van der Waals surface area contributed by atoms with Crippen LogP contribution in [0.15, 0.2) is 0 Å². The molecular weight excluding hydrogens is 248 g/mol. The Morgan fingerprint density at radius 1 is 1.20 bits per heavy atom. The van der Waals surface area contributed by atoms with Crippen LogP contribution in [0.2, 0.25) is 0 Å². The highest BCUT2D eigenvalue weighted by Gasteiger charge is 2.31. The van der Waals surface area contributed by atoms with Gasteiger partial charge >= 0.3 is 0 Å². The molecule has 1 unspecified atom stereocenters. The molecule has 20 heavy (non-hydrogen) atoms. The minimum Gasteiger partial charge on any atom is -0.377 e. The molecule has 1 heterocycles. The standard InChI is InChI=1S/C17H34N2O/c1-3-14-20-16-8-7-12-19(15-16)13-11-17(18-2)9-5-4-6-10-17/h16,18H,3-15H2,1-2H3. The Morgan fingerprint density at radius 2 is 2.00 bits per heavy atom. The summed E-state index contributed by atoms with van der Waals surface area (Å²) in [6, 6.07) is 0. The lowest BCUT2D eigenvalue weighted by atomic mass is 9.79. The van der Waals surface area contributed by atoms with E-state index in [-0.39, 0.29) is 0 Å². The van der Waals surface area contributed by atoms with Gasteiger partial charge in [0, 0.05) is 18.7 Å². The monoisotopic (exact) mass is 282 g/mol. The summed E-state index contributed by atoms with van der Waals surface area (Å²) < 4.78 is 5.95. The summed E-state index contributed by atoms with van der Waals surface area (Å²) in [5.74, 6) is 0. The van der Waals surface area contributed by atoms with Crippen molar-refractivity contribution in [2.24, 2.45) is 0 Å². The van der Waals surface area contributed by atoms with E-state index in [1.165, 1.54) is 64.5 Å². The summed E-state index contributed by atoms with van der Waals surface area (Å²) >= 11 is 0. The Hall–Kier alpha value is -0.120. The predicted molar refractivity (Wildman–Crippen MR) is 85.2 cm³/mol. The van der Waals surface area contributed by atoms with Crippen LogP contribution >= 0.6 is 0 Å². The van der Waals surface area contributed by atoms with Gasteiger partial charge in [-0.15, -0.1) is 0 Å². The van der Waals surface area contributed by atoms with E-state index in [9.17, 15) is 0 Å². The van der Waals surface area contributed by atoms with E-state index in [1.54, 1.807) is 0 Å². The van der Waals surface area contributed by atoms with Crippen LogP contribution in [0.5, 0.6) is 0 Å². The summed E-state index contributed by atoms with van der Waals surface area (Å²) in [7, 11) is 2.16. The van der Waals surface area contributed by atoms with Crippen LogP contribution in [-0.4, -0.2) is 49.8 Å². The lowest BCUT2D eigenvalue weighted by Gasteiger charge is -2.40. The number of rotatable bonds is 7. The first-order valence-electron chi connectivity index (χ1n) is 8.81. The molecule has 1 atom stereocenters.